The largest absolute Gasteiger partial charge is 0.345 e. The van der Waals surface area contributed by atoms with E-state index >= 15 is 0 Å². The highest BCUT2D eigenvalue weighted by Crippen LogP contribution is 2.28. The van der Waals surface area contributed by atoms with Crippen LogP contribution in [0.2, 0.25) is 0 Å². The highest BCUT2D eigenvalue weighted by molar-refractivity contribution is 7.08. The van der Waals surface area contributed by atoms with Gasteiger partial charge in [-0.25, -0.2) is 0 Å². The third-order valence-electron chi connectivity index (χ3n) is 5.50. The number of aromatic amines is 1. The van der Waals surface area contributed by atoms with Gasteiger partial charge >= 0.3 is 0 Å². The number of hydrogen-bond donors (Lipinski definition) is 3. The molecule has 158 valence electrons. The van der Waals surface area contributed by atoms with Crippen LogP contribution in [-0.4, -0.2) is 45.5 Å². The first-order valence-corrected chi connectivity index (χ1v) is 10.9. The van der Waals surface area contributed by atoms with E-state index in [2.05, 4.69) is 26.9 Å². The molecular weight excluding hydrogens is 412 g/mol. The van der Waals surface area contributed by atoms with E-state index in [-0.39, 0.29) is 18.2 Å². The minimum atomic E-state index is -0.682. The molecule has 0 bridgehead atoms. The van der Waals surface area contributed by atoms with Gasteiger partial charge in [-0.3, -0.25) is 14.7 Å². The lowest BCUT2D eigenvalue weighted by atomic mass is 9.84. The summed E-state index contributed by atoms with van der Waals surface area (Å²) in [5.41, 5.74) is 1.20. The highest BCUT2D eigenvalue weighted by atomic mass is 32.1. The lowest BCUT2D eigenvalue weighted by Crippen LogP contribution is -2.56. The van der Waals surface area contributed by atoms with Gasteiger partial charge in [-0.2, -0.15) is 21.7 Å². The second-order valence-corrected chi connectivity index (χ2v) is 8.30. The molecule has 1 fully saturated rings. The summed E-state index contributed by atoms with van der Waals surface area (Å²) in [5, 5.41) is 26.1. The minimum absolute atomic E-state index is 0.0117. The molecule has 1 saturated heterocycles. The molecule has 2 amide bonds. The maximum Gasteiger partial charge on any atom is 0.257 e. The van der Waals surface area contributed by atoms with E-state index in [0.29, 0.717) is 42.9 Å². The Balaban J connectivity index is 1.45. The first-order valence-electron chi connectivity index (χ1n) is 9.97. The molecule has 1 aliphatic rings. The zero-order valence-electron chi connectivity index (χ0n) is 16.8. The van der Waals surface area contributed by atoms with Crippen LogP contribution in [0.4, 0.5) is 11.5 Å². The van der Waals surface area contributed by atoms with Crippen LogP contribution in [-0.2, 0) is 0 Å². The Morgan fingerprint density at radius 1 is 1.23 bits per heavy atom. The molecular formula is C22H22N6O2S. The summed E-state index contributed by atoms with van der Waals surface area (Å²) in [6.45, 7) is 0.967. The molecule has 0 aliphatic carbocycles. The number of benzene rings is 1. The van der Waals surface area contributed by atoms with Crippen molar-refractivity contribution in [3.05, 3.63) is 64.5 Å². The Bertz CT molecular complexity index is 1080. The van der Waals surface area contributed by atoms with Crippen LogP contribution in [0.15, 0.2) is 53.4 Å². The normalized spacial score (nSPS) is 15.1. The lowest BCUT2D eigenvalue weighted by Gasteiger charge is -2.41. The molecule has 0 saturated carbocycles. The van der Waals surface area contributed by atoms with Crippen LogP contribution in [0, 0.1) is 11.3 Å². The summed E-state index contributed by atoms with van der Waals surface area (Å²) >= 11 is 1.49. The van der Waals surface area contributed by atoms with Gasteiger partial charge in [-0.05, 0) is 36.4 Å². The van der Waals surface area contributed by atoms with Crippen molar-refractivity contribution in [1.29, 1.82) is 5.26 Å². The number of carbonyl (C=O) groups excluding carboxylic acids is 2. The van der Waals surface area contributed by atoms with Gasteiger partial charge in [0.25, 0.3) is 11.8 Å². The minimum Gasteiger partial charge on any atom is -0.345 e. The second-order valence-electron chi connectivity index (χ2n) is 7.52. The Morgan fingerprint density at radius 2 is 2.00 bits per heavy atom. The fraction of sp³-hybridized carbons (Fsp3) is 0.273. The molecule has 3 heterocycles. The van der Waals surface area contributed by atoms with Crippen molar-refractivity contribution in [1.82, 2.24) is 20.4 Å². The molecule has 2 aromatic heterocycles. The van der Waals surface area contributed by atoms with Crippen molar-refractivity contribution < 1.29 is 9.59 Å². The van der Waals surface area contributed by atoms with Crippen LogP contribution in [0.3, 0.4) is 0 Å². The maximum absolute atomic E-state index is 13.1. The zero-order valence-corrected chi connectivity index (χ0v) is 17.6. The van der Waals surface area contributed by atoms with E-state index in [0.717, 1.165) is 5.69 Å². The standard InChI is InChI=1S/C22H22N6O2S/c23-10-7-22(8-11-28(12-9-22)21(30)16-6-13-31-15-16)26-20(29)18-14-24-27-19(18)25-17-4-2-1-3-5-17/h1-6,13-15H,7-9,11-12H2,(H,26,29)(H2,24,25,27). The third kappa shape index (κ3) is 4.59. The Labute approximate surface area is 183 Å². The van der Waals surface area contributed by atoms with Crippen LogP contribution >= 0.6 is 11.3 Å². The maximum atomic E-state index is 13.1. The van der Waals surface area contributed by atoms with Gasteiger partial charge in [0.05, 0.1) is 29.8 Å². The van der Waals surface area contributed by atoms with E-state index in [9.17, 15) is 14.9 Å². The van der Waals surface area contributed by atoms with E-state index in [1.54, 1.807) is 4.90 Å². The molecule has 0 atom stereocenters. The smallest absolute Gasteiger partial charge is 0.257 e. The molecule has 31 heavy (non-hydrogen) atoms. The predicted octanol–water partition coefficient (Wildman–Crippen LogP) is 3.53. The number of nitrogens with one attached hydrogen (secondary N) is 3. The summed E-state index contributed by atoms with van der Waals surface area (Å²) in [5.74, 6) is 0.170. The Hall–Kier alpha value is -3.64. The Morgan fingerprint density at radius 3 is 2.68 bits per heavy atom. The fourth-order valence-electron chi connectivity index (χ4n) is 3.73. The summed E-state index contributed by atoms with van der Waals surface area (Å²) in [6, 6.07) is 13.5. The van der Waals surface area contributed by atoms with Gasteiger partial charge in [-0.1, -0.05) is 18.2 Å². The number of likely N-dealkylation sites (tertiary alicyclic amines) is 1. The summed E-state index contributed by atoms with van der Waals surface area (Å²) in [6.07, 6.45) is 2.68. The number of nitriles is 1. The number of amides is 2. The van der Waals surface area contributed by atoms with Crippen LogP contribution < -0.4 is 10.6 Å². The molecule has 3 N–H and O–H groups in total. The van der Waals surface area contributed by atoms with Crippen molar-refractivity contribution in [2.75, 3.05) is 18.4 Å². The molecule has 0 radical (unpaired) electrons. The summed E-state index contributed by atoms with van der Waals surface area (Å²) in [4.78, 5) is 27.5. The molecule has 1 aliphatic heterocycles. The van der Waals surface area contributed by atoms with Crippen molar-refractivity contribution in [3.63, 3.8) is 0 Å². The number of rotatable bonds is 6. The molecule has 4 rings (SSSR count). The average molecular weight is 435 g/mol. The SMILES string of the molecule is N#CCC1(NC(=O)c2cn[nH]c2Nc2ccccc2)CCN(C(=O)c2ccsc2)CC1. The number of hydrogen-bond acceptors (Lipinski definition) is 6. The highest BCUT2D eigenvalue weighted by Gasteiger charge is 2.38. The molecule has 8 nitrogen and oxygen atoms in total. The fourth-order valence-corrected chi connectivity index (χ4v) is 4.36. The number of thiophene rings is 1. The molecule has 3 aromatic rings. The third-order valence-corrected chi connectivity index (χ3v) is 6.18. The number of para-hydroxylation sites is 1. The van der Waals surface area contributed by atoms with Gasteiger partial charge in [-0.15, -0.1) is 0 Å². The number of piperidine rings is 1. The average Bonchev–Trinajstić information content (AvgIpc) is 3.47. The van der Waals surface area contributed by atoms with Gasteiger partial charge in [0, 0.05) is 24.2 Å². The molecule has 1 aromatic carbocycles. The van der Waals surface area contributed by atoms with Crippen molar-refractivity contribution in [2.45, 2.75) is 24.8 Å². The van der Waals surface area contributed by atoms with E-state index in [4.69, 9.17) is 0 Å². The number of nitrogens with zero attached hydrogens (tertiary/aromatic N) is 3. The van der Waals surface area contributed by atoms with Crippen molar-refractivity contribution in [2.24, 2.45) is 0 Å². The van der Waals surface area contributed by atoms with Crippen LogP contribution in [0.1, 0.15) is 40.0 Å². The van der Waals surface area contributed by atoms with Gasteiger partial charge in [0.15, 0.2) is 0 Å². The molecule has 0 unspecified atom stereocenters. The number of H-pyrrole nitrogens is 1. The van der Waals surface area contributed by atoms with E-state index in [1.807, 2.05) is 47.2 Å². The quantitative estimate of drug-likeness (QED) is 0.549. The van der Waals surface area contributed by atoms with Gasteiger partial charge < -0.3 is 15.5 Å². The molecule has 9 heteroatoms. The monoisotopic (exact) mass is 434 g/mol. The summed E-state index contributed by atoms with van der Waals surface area (Å²) < 4.78 is 0. The number of carbonyl (C=O) groups is 2. The van der Waals surface area contributed by atoms with Crippen LogP contribution in [0.25, 0.3) is 0 Å². The first-order chi connectivity index (χ1) is 15.1. The van der Waals surface area contributed by atoms with Gasteiger partial charge in [0.2, 0.25) is 0 Å². The van der Waals surface area contributed by atoms with E-state index < -0.39 is 5.54 Å². The predicted molar refractivity (Wildman–Crippen MR) is 118 cm³/mol. The van der Waals surface area contributed by atoms with E-state index in [1.165, 1.54) is 17.5 Å². The summed E-state index contributed by atoms with van der Waals surface area (Å²) in [7, 11) is 0. The lowest BCUT2D eigenvalue weighted by molar-refractivity contribution is 0.0624. The molecule has 0 spiro atoms. The van der Waals surface area contributed by atoms with Crippen molar-refractivity contribution >= 4 is 34.7 Å². The number of aromatic nitrogens is 2. The van der Waals surface area contributed by atoms with Crippen LogP contribution in [0.5, 0.6) is 0 Å². The second kappa shape index (κ2) is 9.02. The topological polar surface area (TPSA) is 114 Å². The number of anilines is 2. The first kappa shape index (κ1) is 20.6. The Kier molecular flexibility index (Phi) is 6.00. The van der Waals surface area contributed by atoms with Gasteiger partial charge in [0.1, 0.15) is 11.4 Å². The zero-order chi connectivity index (χ0) is 21.7. The van der Waals surface area contributed by atoms with Crippen molar-refractivity contribution in [3.8, 4) is 6.07 Å².